The Labute approximate surface area is 139 Å². The van der Waals surface area contributed by atoms with E-state index in [0.717, 1.165) is 4.47 Å². The molecule has 20 heavy (non-hydrogen) atoms. The summed E-state index contributed by atoms with van der Waals surface area (Å²) < 4.78 is 14.1. The molecule has 0 unspecified atom stereocenters. The largest absolute Gasteiger partial charge is 0.389 e. The maximum atomic E-state index is 13.4. The molecule has 3 N–H and O–H groups in total. The molecule has 0 saturated heterocycles. The number of thiocarbonyl (C=S) groups is 1. The van der Waals surface area contributed by atoms with Gasteiger partial charge in [-0.15, -0.1) is 0 Å². The summed E-state index contributed by atoms with van der Waals surface area (Å²) >= 11 is 19.9. The first-order valence-corrected chi connectivity index (χ1v) is 7.35. The van der Waals surface area contributed by atoms with E-state index in [-0.39, 0.29) is 15.0 Å². The van der Waals surface area contributed by atoms with Crippen molar-refractivity contribution in [2.75, 3.05) is 5.32 Å². The standard InChI is InChI=1S/C13H8BrCl2FN2S/c14-7-2-1-3-10(11(7)13(18)20)19-6-4-8(15)12(17)9(16)5-6/h1-5,19H,(H2,18,20). The van der Waals surface area contributed by atoms with Gasteiger partial charge in [-0.25, -0.2) is 4.39 Å². The van der Waals surface area contributed by atoms with E-state index in [1.807, 2.05) is 12.1 Å². The summed E-state index contributed by atoms with van der Waals surface area (Å²) in [7, 11) is 0. The van der Waals surface area contributed by atoms with Crippen LogP contribution in [-0.2, 0) is 0 Å². The molecule has 0 fully saturated rings. The zero-order valence-electron chi connectivity index (χ0n) is 9.88. The molecule has 2 aromatic rings. The molecular weight excluding hydrogens is 386 g/mol. The van der Waals surface area contributed by atoms with Crippen LogP contribution in [0.15, 0.2) is 34.8 Å². The van der Waals surface area contributed by atoms with E-state index in [0.29, 0.717) is 16.9 Å². The maximum Gasteiger partial charge on any atom is 0.160 e. The molecule has 2 aromatic carbocycles. The highest BCUT2D eigenvalue weighted by Gasteiger charge is 2.12. The Kier molecular flexibility index (Phi) is 4.86. The highest BCUT2D eigenvalue weighted by Crippen LogP contribution is 2.32. The van der Waals surface area contributed by atoms with Gasteiger partial charge in [0.15, 0.2) is 5.82 Å². The first kappa shape index (κ1) is 15.5. The third-order valence-corrected chi connectivity index (χ3v) is 3.94. The van der Waals surface area contributed by atoms with Crippen molar-refractivity contribution in [1.82, 2.24) is 0 Å². The second kappa shape index (κ2) is 6.26. The van der Waals surface area contributed by atoms with Gasteiger partial charge in [-0.2, -0.15) is 0 Å². The van der Waals surface area contributed by atoms with E-state index in [1.165, 1.54) is 12.1 Å². The smallest absolute Gasteiger partial charge is 0.160 e. The number of halogens is 4. The lowest BCUT2D eigenvalue weighted by atomic mass is 10.1. The van der Waals surface area contributed by atoms with Crippen molar-refractivity contribution in [1.29, 1.82) is 0 Å². The van der Waals surface area contributed by atoms with Gasteiger partial charge in [-0.1, -0.05) is 41.5 Å². The second-order valence-corrected chi connectivity index (χ2v) is 6.01. The minimum absolute atomic E-state index is 0.0631. The number of hydrogen-bond donors (Lipinski definition) is 2. The number of rotatable bonds is 3. The summed E-state index contributed by atoms with van der Waals surface area (Å²) in [4.78, 5) is 0.235. The van der Waals surface area contributed by atoms with E-state index < -0.39 is 5.82 Å². The van der Waals surface area contributed by atoms with Crippen molar-refractivity contribution in [3.63, 3.8) is 0 Å². The number of hydrogen-bond acceptors (Lipinski definition) is 2. The average molecular weight is 394 g/mol. The molecule has 0 aliphatic heterocycles. The summed E-state index contributed by atoms with van der Waals surface area (Å²) in [6.07, 6.45) is 0. The van der Waals surface area contributed by atoms with Gasteiger partial charge in [0.1, 0.15) is 4.99 Å². The molecule has 2 nitrogen and oxygen atoms in total. The Balaban J connectivity index is 2.45. The Morgan fingerprint density at radius 1 is 1.25 bits per heavy atom. The molecule has 0 aliphatic carbocycles. The van der Waals surface area contributed by atoms with Crippen LogP contribution in [0, 0.1) is 5.82 Å². The average Bonchev–Trinajstić information content (AvgIpc) is 2.35. The lowest BCUT2D eigenvalue weighted by Gasteiger charge is -2.13. The Bertz CT molecular complexity index is 671. The zero-order chi connectivity index (χ0) is 14.9. The lowest BCUT2D eigenvalue weighted by molar-refractivity contribution is 0.629. The van der Waals surface area contributed by atoms with Crippen LogP contribution in [0.5, 0.6) is 0 Å². The highest BCUT2D eigenvalue weighted by atomic mass is 79.9. The molecule has 0 saturated carbocycles. The summed E-state index contributed by atoms with van der Waals surface area (Å²) in [5.74, 6) is -0.650. The molecular formula is C13H8BrCl2FN2S. The van der Waals surface area contributed by atoms with E-state index in [4.69, 9.17) is 41.2 Å². The quantitative estimate of drug-likeness (QED) is 0.550. The molecule has 0 aliphatic rings. The van der Waals surface area contributed by atoms with Crippen molar-refractivity contribution in [2.24, 2.45) is 5.73 Å². The summed E-state index contributed by atoms with van der Waals surface area (Å²) in [5.41, 5.74) is 7.56. The van der Waals surface area contributed by atoms with Gasteiger partial charge >= 0.3 is 0 Å². The van der Waals surface area contributed by atoms with Crippen LogP contribution in [0.4, 0.5) is 15.8 Å². The fourth-order valence-electron chi connectivity index (χ4n) is 1.66. The van der Waals surface area contributed by atoms with E-state index in [9.17, 15) is 4.39 Å². The first-order chi connectivity index (χ1) is 9.40. The topological polar surface area (TPSA) is 38.0 Å². The van der Waals surface area contributed by atoms with Crippen molar-refractivity contribution in [3.05, 3.63) is 56.2 Å². The molecule has 0 aromatic heterocycles. The molecule has 7 heteroatoms. The SMILES string of the molecule is NC(=S)c1c(Br)cccc1Nc1cc(Cl)c(F)c(Cl)c1. The predicted octanol–water partition coefficient (Wildman–Crippen LogP) is 5.27. The van der Waals surface area contributed by atoms with Crippen LogP contribution in [0.2, 0.25) is 10.0 Å². The minimum Gasteiger partial charge on any atom is -0.389 e. The minimum atomic E-state index is -0.650. The third kappa shape index (κ3) is 3.23. The van der Waals surface area contributed by atoms with Gasteiger partial charge in [-0.05, 0) is 40.2 Å². The fourth-order valence-corrected chi connectivity index (χ4v) is 3.08. The molecule has 0 heterocycles. The third-order valence-electron chi connectivity index (χ3n) is 2.52. The molecule has 0 radical (unpaired) electrons. The summed E-state index contributed by atoms with van der Waals surface area (Å²) in [6, 6.07) is 8.32. The van der Waals surface area contributed by atoms with Crippen molar-refractivity contribution < 1.29 is 4.39 Å². The van der Waals surface area contributed by atoms with E-state index in [1.54, 1.807) is 6.07 Å². The van der Waals surface area contributed by atoms with E-state index >= 15 is 0 Å². The van der Waals surface area contributed by atoms with Gasteiger partial charge < -0.3 is 11.1 Å². The summed E-state index contributed by atoms with van der Waals surface area (Å²) in [5, 5.41) is 2.94. The van der Waals surface area contributed by atoms with Gasteiger partial charge in [0.25, 0.3) is 0 Å². The van der Waals surface area contributed by atoms with Crippen LogP contribution < -0.4 is 11.1 Å². The Hall–Kier alpha value is -0.880. The van der Waals surface area contributed by atoms with Crippen LogP contribution in [0.3, 0.4) is 0 Å². The first-order valence-electron chi connectivity index (χ1n) is 5.40. The number of anilines is 2. The number of benzene rings is 2. The Morgan fingerprint density at radius 3 is 2.40 bits per heavy atom. The molecule has 104 valence electrons. The fraction of sp³-hybridized carbons (Fsp3) is 0. The van der Waals surface area contributed by atoms with Gasteiger partial charge in [-0.3, -0.25) is 0 Å². The van der Waals surface area contributed by atoms with Gasteiger partial charge in [0.05, 0.1) is 10.0 Å². The Morgan fingerprint density at radius 2 is 1.85 bits per heavy atom. The van der Waals surface area contributed by atoms with Gasteiger partial charge in [0.2, 0.25) is 0 Å². The predicted molar refractivity (Wildman–Crippen MR) is 89.7 cm³/mol. The number of nitrogens with two attached hydrogens (primary N) is 1. The molecule has 2 rings (SSSR count). The molecule has 0 amide bonds. The van der Waals surface area contributed by atoms with Crippen LogP contribution >= 0.6 is 51.3 Å². The maximum absolute atomic E-state index is 13.4. The van der Waals surface area contributed by atoms with Crippen molar-refractivity contribution in [2.45, 2.75) is 0 Å². The van der Waals surface area contributed by atoms with Crippen LogP contribution in [0.1, 0.15) is 5.56 Å². The summed E-state index contributed by atoms with van der Waals surface area (Å²) in [6.45, 7) is 0. The van der Waals surface area contributed by atoms with Crippen molar-refractivity contribution in [3.8, 4) is 0 Å². The normalized spacial score (nSPS) is 10.4. The van der Waals surface area contributed by atoms with E-state index in [2.05, 4.69) is 21.2 Å². The molecule has 0 atom stereocenters. The second-order valence-electron chi connectivity index (χ2n) is 3.91. The van der Waals surface area contributed by atoms with Gasteiger partial charge in [0, 0.05) is 21.4 Å². The van der Waals surface area contributed by atoms with Crippen LogP contribution in [-0.4, -0.2) is 4.99 Å². The lowest BCUT2D eigenvalue weighted by Crippen LogP contribution is -2.12. The monoisotopic (exact) mass is 392 g/mol. The highest BCUT2D eigenvalue weighted by molar-refractivity contribution is 9.10. The van der Waals surface area contributed by atoms with Crippen molar-refractivity contribution >= 4 is 67.7 Å². The number of nitrogens with one attached hydrogen (secondary N) is 1. The van der Waals surface area contributed by atoms with Crippen LogP contribution in [0.25, 0.3) is 0 Å². The molecule has 0 spiro atoms. The molecule has 0 bridgehead atoms. The zero-order valence-corrected chi connectivity index (χ0v) is 13.8.